The Bertz CT molecular complexity index is 1290. The molecule has 15 heteroatoms. The zero-order chi connectivity index (χ0) is 26.5. The number of rotatable bonds is 10. The molecule has 2 aromatic rings. The van der Waals surface area contributed by atoms with Crippen molar-refractivity contribution in [3.05, 3.63) is 58.5 Å². The van der Waals surface area contributed by atoms with Crippen LogP contribution in [0.5, 0.6) is 0 Å². The molecule has 0 radical (unpaired) electrons. The molecule has 12 nitrogen and oxygen atoms in total. The van der Waals surface area contributed by atoms with E-state index in [1.165, 1.54) is 46.6 Å². The number of carboxylic acid groups (broad SMARTS) is 1. The molecule has 0 aromatic carbocycles. The number of β-lactam (4-membered cyclic amide) rings is 1. The molecule has 2 aliphatic heterocycles. The van der Waals surface area contributed by atoms with E-state index in [4.69, 9.17) is 11.5 Å². The number of carboxylic acids is 1. The van der Waals surface area contributed by atoms with Crippen molar-refractivity contribution in [3.63, 3.8) is 0 Å². The number of hydrogen-bond acceptors (Lipinski definition) is 12. The highest BCUT2D eigenvalue weighted by Crippen LogP contribution is 2.45. The lowest BCUT2D eigenvalue weighted by molar-refractivity contribution is -0.150. The number of nitrogens with zero attached hydrogens (tertiary/aromatic N) is 4. The number of pyridine rings is 2. The molecule has 2 amide bonds. The number of aliphatic carboxylic acids is 1. The average Bonchev–Trinajstić information content (AvgIpc) is 2.88. The number of nitrogens with two attached hydrogens (primary N) is 2. The number of thioether (sulfide) groups is 3. The first-order valence-electron chi connectivity index (χ1n) is 10.9. The monoisotopic (exact) mass is 561 g/mol. The number of anilines is 1. The third-order valence-electron chi connectivity index (χ3n) is 5.36. The molecule has 37 heavy (non-hydrogen) atoms. The lowest BCUT2D eigenvalue weighted by Gasteiger charge is -2.49. The van der Waals surface area contributed by atoms with E-state index in [0.29, 0.717) is 23.0 Å². The zero-order valence-electron chi connectivity index (χ0n) is 19.2. The van der Waals surface area contributed by atoms with Gasteiger partial charge < -0.3 is 27.1 Å². The minimum absolute atomic E-state index is 0.0301. The lowest BCUT2D eigenvalue weighted by atomic mass is 10.0. The van der Waals surface area contributed by atoms with Gasteiger partial charge in [-0.15, -0.1) is 11.8 Å². The van der Waals surface area contributed by atoms with Crippen LogP contribution in [0.25, 0.3) is 0 Å². The van der Waals surface area contributed by atoms with Crippen molar-refractivity contribution in [2.24, 2.45) is 10.9 Å². The molecule has 2 aromatic heterocycles. The maximum Gasteiger partial charge on any atom is 0.353 e. The van der Waals surface area contributed by atoms with Crippen LogP contribution in [0.15, 0.2) is 57.3 Å². The minimum atomic E-state index is -1.24. The van der Waals surface area contributed by atoms with Gasteiger partial charge in [0.1, 0.15) is 28.6 Å². The molecule has 1 fully saturated rings. The second-order valence-electron chi connectivity index (χ2n) is 7.76. The van der Waals surface area contributed by atoms with Gasteiger partial charge in [0.05, 0.1) is 0 Å². The maximum absolute atomic E-state index is 13.0. The fraction of sp³-hybridized carbons (Fsp3) is 0.273. The van der Waals surface area contributed by atoms with Gasteiger partial charge in [0.2, 0.25) is 0 Å². The van der Waals surface area contributed by atoms with Gasteiger partial charge in [-0.2, -0.15) is 11.8 Å². The Hall–Kier alpha value is -3.27. The van der Waals surface area contributed by atoms with Crippen LogP contribution in [0.1, 0.15) is 11.3 Å². The molecule has 1 saturated heterocycles. The highest BCUT2D eigenvalue weighted by molar-refractivity contribution is 8.06. The molecule has 194 valence electrons. The van der Waals surface area contributed by atoms with Gasteiger partial charge in [-0.05, 0) is 23.8 Å². The van der Waals surface area contributed by atoms with E-state index in [1.807, 2.05) is 6.07 Å². The van der Waals surface area contributed by atoms with Crippen LogP contribution in [0.2, 0.25) is 0 Å². The van der Waals surface area contributed by atoms with E-state index in [0.717, 1.165) is 16.2 Å². The molecule has 2 atom stereocenters. The lowest BCUT2D eigenvalue weighted by Crippen LogP contribution is -2.71. The number of oxime groups is 1. The molecular formula is C22H23N7O5S3. The summed E-state index contributed by atoms with van der Waals surface area (Å²) in [5.74, 6) is -0.749. The SMILES string of the molecule is NCCSCc1cnccc1SC1=C(C(=O)O)N2C(=O)[C@@H](NC(=O)/C(=N\O)c3cccc(N)n3)[C@@H]2SC1. The Morgan fingerprint density at radius 3 is 2.84 bits per heavy atom. The topological polar surface area (TPSA) is 197 Å². The molecule has 0 aliphatic carbocycles. The molecular weight excluding hydrogens is 538 g/mol. The normalized spacial score (nSPS) is 19.3. The summed E-state index contributed by atoms with van der Waals surface area (Å²) in [6, 6.07) is 5.29. The van der Waals surface area contributed by atoms with E-state index >= 15 is 0 Å². The summed E-state index contributed by atoms with van der Waals surface area (Å²) in [5, 5.41) is 24.3. The van der Waals surface area contributed by atoms with Gasteiger partial charge in [0, 0.05) is 46.0 Å². The van der Waals surface area contributed by atoms with Crippen molar-refractivity contribution in [1.29, 1.82) is 0 Å². The minimum Gasteiger partial charge on any atom is -0.477 e. The zero-order valence-corrected chi connectivity index (χ0v) is 21.7. The van der Waals surface area contributed by atoms with Gasteiger partial charge in [-0.25, -0.2) is 9.78 Å². The van der Waals surface area contributed by atoms with Crippen molar-refractivity contribution in [2.75, 3.05) is 23.8 Å². The number of amides is 2. The second-order valence-corrected chi connectivity index (χ2v) is 11.1. The van der Waals surface area contributed by atoms with E-state index < -0.39 is 34.9 Å². The van der Waals surface area contributed by atoms with Gasteiger partial charge in [0.15, 0.2) is 5.71 Å². The van der Waals surface area contributed by atoms with Crippen LogP contribution in [-0.4, -0.2) is 78.1 Å². The predicted molar refractivity (Wildman–Crippen MR) is 142 cm³/mol. The predicted octanol–water partition coefficient (Wildman–Crippen LogP) is 0.917. The number of fused-ring (bicyclic) bond motifs is 1. The first kappa shape index (κ1) is 26.8. The summed E-state index contributed by atoms with van der Waals surface area (Å²) in [4.78, 5) is 48.7. The van der Waals surface area contributed by atoms with Gasteiger partial charge in [-0.1, -0.05) is 23.0 Å². The van der Waals surface area contributed by atoms with E-state index in [2.05, 4.69) is 20.4 Å². The van der Waals surface area contributed by atoms with E-state index in [9.17, 15) is 24.7 Å². The number of aromatic nitrogens is 2. The quantitative estimate of drug-likeness (QED) is 0.0905. The highest BCUT2D eigenvalue weighted by Gasteiger charge is 2.54. The van der Waals surface area contributed by atoms with Crippen LogP contribution < -0.4 is 16.8 Å². The van der Waals surface area contributed by atoms with E-state index in [-0.39, 0.29) is 17.2 Å². The molecule has 2 aliphatic rings. The van der Waals surface area contributed by atoms with Crippen molar-refractivity contribution in [2.45, 2.75) is 22.1 Å². The molecule has 0 unspecified atom stereocenters. The first-order chi connectivity index (χ1) is 17.8. The number of carbonyl (C=O) groups excluding carboxylic acids is 2. The standard InChI is InChI=1S/C22H23N7O5S3/c23-5-7-35-9-11-8-25-6-4-13(11)37-14-10-36-21-17(20(31)29(21)18(14)22(32)33)27-19(30)16(28-34)12-2-1-3-15(24)26-12/h1-4,6,8,17,21,34H,5,7,9-10,23H2,(H2,24,26)(H,27,30)(H,32,33)/b28-16-/t17-,21+/m1/s1. The molecule has 0 spiro atoms. The maximum atomic E-state index is 13.0. The van der Waals surface area contributed by atoms with Crippen molar-refractivity contribution >= 4 is 64.6 Å². The van der Waals surface area contributed by atoms with Crippen molar-refractivity contribution in [3.8, 4) is 0 Å². The number of hydrogen-bond donors (Lipinski definition) is 5. The van der Waals surface area contributed by atoms with E-state index in [1.54, 1.807) is 24.2 Å². The Balaban J connectivity index is 1.52. The second kappa shape index (κ2) is 11.9. The summed E-state index contributed by atoms with van der Waals surface area (Å²) < 4.78 is 0. The molecule has 4 heterocycles. The largest absolute Gasteiger partial charge is 0.477 e. The van der Waals surface area contributed by atoms with Crippen LogP contribution >= 0.6 is 35.3 Å². The van der Waals surface area contributed by atoms with Crippen molar-refractivity contribution in [1.82, 2.24) is 20.2 Å². The number of nitrogen functional groups attached to an aromatic ring is 1. The Labute approximate surface area is 224 Å². The van der Waals surface area contributed by atoms with Crippen LogP contribution in [0, 0.1) is 0 Å². The van der Waals surface area contributed by atoms with Gasteiger partial charge in [0.25, 0.3) is 11.8 Å². The Morgan fingerprint density at radius 2 is 2.14 bits per heavy atom. The fourth-order valence-corrected chi connectivity index (χ4v) is 7.11. The molecule has 0 bridgehead atoms. The summed E-state index contributed by atoms with van der Waals surface area (Å²) in [5.41, 5.74) is 11.7. The fourth-order valence-electron chi connectivity index (χ4n) is 3.70. The summed E-state index contributed by atoms with van der Waals surface area (Å²) in [7, 11) is 0. The smallest absolute Gasteiger partial charge is 0.353 e. The number of carbonyl (C=O) groups is 3. The van der Waals surface area contributed by atoms with Crippen LogP contribution in [-0.2, 0) is 20.1 Å². The third-order valence-corrected chi connectivity index (χ3v) is 9.07. The molecule has 7 N–H and O–H groups in total. The Morgan fingerprint density at radius 1 is 1.32 bits per heavy atom. The molecule has 4 rings (SSSR count). The first-order valence-corrected chi connectivity index (χ1v) is 13.9. The van der Waals surface area contributed by atoms with Gasteiger partial charge in [-0.3, -0.25) is 19.5 Å². The van der Waals surface area contributed by atoms with Gasteiger partial charge >= 0.3 is 5.97 Å². The summed E-state index contributed by atoms with van der Waals surface area (Å²) in [6.07, 6.45) is 3.37. The average molecular weight is 562 g/mol. The van der Waals surface area contributed by atoms with Crippen LogP contribution in [0.3, 0.4) is 0 Å². The summed E-state index contributed by atoms with van der Waals surface area (Å²) >= 11 is 4.27. The van der Waals surface area contributed by atoms with Crippen LogP contribution in [0.4, 0.5) is 5.82 Å². The Kier molecular flexibility index (Phi) is 8.58. The summed E-state index contributed by atoms with van der Waals surface area (Å²) in [6.45, 7) is 0.552. The third kappa shape index (κ3) is 5.69. The van der Waals surface area contributed by atoms with Crippen molar-refractivity contribution < 1.29 is 24.7 Å². The highest BCUT2D eigenvalue weighted by atomic mass is 32.2. The molecule has 0 saturated carbocycles. The number of nitrogens with one attached hydrogen (secondary N) is 1.